The first-order valence-corrected chi connectivity index (χ1v) is 7.47. The van der Waals surface area contributed by atoms with Crippen LogP contribution in [0, 0.1) is 20.2 Å². The molecule has 1 saturated heterocycles. The second kappa shape index (κ2) is 6.77. The zero-order chi connectivity index (χ0) is 19.8. The van der Waals surface area contributed by atoms with Crippen LogP contribution in [0.15, 0.2) is 12.1 Å². The first-order valence-electron chi connectivity index (χ1n) is 7.47. The molecule has 12 heteroatoms. The summed E-state index contributed by atoms with van der Waals surface area (Å²) in [6.07, 6.45) is -4.29. The molecule has 26 heavy (non-hydrogen) atoms. The summed E-state index contributed by atoms with van der Waals surface area (Å²) < 4.78 is 38.9. The minimum Gasteiger partial charge on any atom is -0.348 e. The van der Waals surface area contributed by atoms with E-state index in [0.717, 1.165) is 4.90 Å². The molecule has 1 unspecified atom stereocenters. The largest absolute Gasteiger partial charge is 0.416 e. The highest BCUT2D eigenvalue weighted by Gasteiger charge is 2.43. The van der Waals surface area contributed by atoms with Crippen LogP contribution in [-0.4, -0.2) is 47.3 Å². The fourth-order valence-corrected chi connectivity index (χ4v) is 2.93. The van der Waals surface area contributed by atoms with Crippen LogP contribution in [0.1, 0.15) is 18.4 Å². The number of hydrogen-bond acceptors (Lipinski definition) is 6. The van der Waals surface area contributed by atoms with Crippen molar-refractivity contribution in [2.45, 2.75) is 25.1 Å². The summed E-state index contributed by atoms with van der Waals surface area (Å²) >= 11 is 0. The first kappa shape index (κ1) is 19.4. The van der Waals surface area contributed by atoms with Crippen LogP contribution >= 0.6 is 0 Å². The van der Waals surface area contributed by atoms with Crippen molar-refractivity contribution in [3.8, 4) is 0 Å². The van der Waals surface area contributed by atoms with Gasteiger partial charge in [-0.25, -0.2) is 0 Å². The minimum absolute atomic E-state index is 0.0806. The number of carbonyl (C=O) groups is 1. The standard InChI is InChI=1S/C14H15F3N4O5/c1-18(2)13(22)9-4-3-5-19(9)12-10(20(23)24)6-8(14(15,16)17)7-11(12)21(25)26/h6-7,9H,3-5H2,1-2H3. The highest BCUT2D eigenvalue weighted by molar-refractivity contribution is 5.89. The van der Waals surface area contributed by atoms with Gasteiger partial charge >= 0.3 is 6.18 Å². The maximum Gasteiger partial charge on any atom is 0.416 e. The van der Waals surface area contributed by atoms with Crippen LogP contribution in [0.4, 0.5) is 30.2 Å². The summed E-state index contributed by atoms with van der Waals surface area (Å²) in [5, 5.41) is 22.7. The number of anilines is 1. The van der Waals surface area contributed by atoms with E-state index in [-0.39, 0.29) is 25.1 Å². The lowest BCUT2D eigenvalue weighted by atomic mass is 10.1. The van der Waals surface area contributed by atoms with E-state index >= 15 is 0 Å². The molecule has 142 valence electrons. The molecule has 9 nitrogen and oxygen atoms in total. The summed E-state index contributed by atoms with van der Waals surface area (Å²) in [6.45, 7) is 0.0806. The van der Waals surface area contributed by atoms with Gasteiger partial charge in [-0.05, 0) is 12.8 Å². The van der Waals surface area contributed by atoms with E-state index in [1.54, 1.807) is 0 Å². The van der Waals surface area contributed by atoms with Gasteiger partial charge in [-0.2, -0.15) is 13.2 Å². The molecule has 1 aromatic rings. The Morgan fingerprint density at radius 1 is 1.19 bits per heavy atom. The van der Waals surface area contributed by atoms with E-state index in [9.17, 15) is 38.2 Å². The lowest BCUT2D eigenvalue weighted by Gasteiger charge is -2.27. The molecule has 1 atom stereocenters. The van der Waals surface area contributed by atoms with Crippen molar-refractivity contribution in [2.24, 2.45) is 0 Å². The van der Waals surface area contributed by atoms with Gasteiger partial charge in [0.25, 0.3) is 11.4 Å². The molecule has 1 aliphatic rings. The van der Waals surface area contributed by atoms with E-state index in [0.29, 0.717) is 6.42 Å². The number of rotatable bonds is 4. The van der Waals surface area contributed by atoms with Crippen LogP contribution in [-0.2, 0) is 11.0 Å². The number of nitro benzene ring substituents is 2. The number of benzene rings is 1. The van der Waals surface area contributed by atoms with Gasteiger partial charge in [0.05, 0.1) is 15.4 Å². The molecule has 1 amide bonds. The zero-order valence-electron chi connectivity index (χ0n) is 13.8. The monoisotopic (exact) mass is 376 g/mol. The fourth-order valence-electron chi connectivity index (χ4n) is 2.93. The Balaban J connectivity index is 2.72. The summed E-state index contributed by atoms with van der Waals surface area (Å²) in [6, 6.07) is -0.394. The second-order valence-corrected chi connectivity index (χ2v) is 5.96. The zero-order valence-corrected chi connectivity index (χ0v) is 13.8. The summed E-state index contributed by atoms with van der Waals surface area (Å²) in [4.78, 5) is 35.1. The van der Waals surface area contributed by atoms with Crippen molar-refractivity contribution < 1.29 is 27.8 Å². The summed E-state index contributed by atoms with van der Waals surface area (Å²) in [5.74, 6) is -0.439. The highest BCUT2D eigenvalue weighted by atomic mass is 19.4. The van der Waals surface area contributed by atoms with E-state index in [1.807, 2.05) is 0 Å². The quantitative estimate of drug-likeness (QED) is 0.590. The predicted molar refractivity (Wildman–Crippen MR) is 83.8 cm³/mol. The average molecular weight is 376 g/mol. The predicted octanol–water partition coefficient (Wildman–Crippen LogP) is 2.58. The van der Waals surface area contributed by atoms with Crippen molar-refractivity contribution in [1.29, 1.82) is 0 Å². The average Bonchev–Trinajstić information content (AvgIpc) is 3.00. The van der Waals surface area contributed by atoms with Crippen LogP contribution in [0.2, 0.25) is 0 Å². The number of alkyl halides is 3. The molecule has 1 aliphatic heterocycles. The van der Waals surface area contributed by atoms with Gasteiger partial charge in [0.15, 0.2) is 5.69 Å². The number of amides is 1. The first-order chi connectivity index (χ1) is 11.9. The van der Waals surface area contributed by atoms with Gasteiger partial charge in [-0.15, -0.1) is 0 Å². The molecule has 0 bridgehead atoms. The molecule has 0 saturated carbocycles. The number of likely N-dealkylation sites (N-methyl/N-ethyl adjacent to an activating group) is 1. The summed E-state index contributed by atoms with van der Waals surface area (Å²) in [7, 11) is 2.91. The molecule has 1 aromatic carbocycles. The van der Waals surface area contributed by atoms with E-state index < -0.39 is 50.6 Å². The molecular formula is C14H15F3N4O5. The van der Waals surface area contributed by atoms with Crippen LogP contribution in [0.25, 0.3) is 0 Å². The molecule has 2 rings (SSSR count). The van der Waals surface area contributed by atoms with Gasteiger partial charge < -0.3 is 9.80 Å². The third kappa shape index (κ3) is 3.53. The number of nitrogens with zero attached hydrogens (tertiary/aromatic N) is 4. The number of carbonyl (C=O) groups excluding carboxylic acids is 1. The van der Waals surface area contributed by atoms with Gasteiger partial charge in [0, 0.05) is 32.8 Å². The third-order valence-electron chi connectivity index (χ3n) is 4.06. The maximum absolute atomic E-state index is 13.0. The molecule has 0 spiro atoms. The minimum atomic E-state index is -4.99. The normalized spacial score (nSPS) is 17.3. The molecule has 1 fully saturated rings. The topological polar surface area (TPSA) is 110 Å². The van der Waals surface area contributed by atoms with Crippen LogP contribution in [0.5, 0.6) is 0 Å². The van der Waals surface area contributed by atoms with Gasteiger partial charge in [-0.3, -0.25) is 25.0 Å². The molecule has 0 N–H and O–H groups in total. The van der Waals surface area contributed by atoms with E-state index in [2.05, 4.69) is 0 Å². The van der Waals surface area contributed by atoms with E-state index in [4.69, 9.17) is 0 Å². The van der Waals surface area contributed by atoms with Crippen molar-refractivity contribution in [3.05, 3.63) is 37.9 Å². The maximum atomic E-state index is 13.0. The summed E-state index contributed by atoms with van der Waals surface area (Å²) in [5.41, 5.74) is -4.17. The van der Waals surface area contributed by atoms with Gasteiger partial charge in [-0.1, -0.05) is 0 Å². The fraction of sp³-hybridized carbons (Fsp3) is 0.500. The lowest BCUT2D eigenvalue weighted by Crippen LogP contribution is -2.43. The molecule has 0 aliphatic carbocycles. The van der Waals surface area contributed by atoms with Crippen molar-refractivity contribution in [2.75, 3.05) is 25.5 Å². The van der Waals surface area contributed by atoms with Crippen molar-refractivity contribution >= 4 is 23.0 Å². The Kier molecular flexibility index (Phi) is 5.05. The Morgan fingerprint density at radius 3 is 2.08 bits per heavy atom. The lowest BCUT2D eigenvalue weighted by molar-refractivity contribution is -0.393. The molecule has 0 aromatic heterocycles. The third-order valence-corrected chi connectivity index (χ3v) is 4.06. The Hall–Kier alpha value is -2.92. The van der Waals surface area contributed by atoms with E-state index in [1.165, 1.54) is 19.0 Å². The Morgan fingerprint density at radius 2 is 1.69 bits per heavy atom. The molecular weight excluding hydrogens is 361 g/mol. The SMILES string of the molecule is CN(C)C(=O)C1CCCN1c1c([N+](=O)[O-])cc(C(F)(F)F)cc1[N+](=O)[O-]. The van der Waals surface area contributed by atoms with Crippen molar-refractivity contribution in [1.82, 2.24) is 4.90 Å². The van der Waals surface area contributed by atoms with Gasteiger partial charge in [0.2, 0.25) is 5.91 Å². The Bertz CT molecular complexity index is 730. The highest BCUT2D eigenvalue weighted by Crippen LogP contribution is 2.45. The number of nitro groups is 2. The Labute approximate surface area is 145 Å². The second-order valence-electron chi connectivity index (χ2n) is 5.96. The molecule has 1 heterocycles. The van der Waals surface area contributed by atoms with Gasteiger partial charge in [0.1, 0.15) is 6.04 Å². The molecule has 0 radical (unpaired) electrons. The number of hydrogen-bond donors (Lipinski definition) is 0. The smallest absolute Gasteiger partial charge is 0.348 e. The van der Waals surface area contributed by atoms with Crippen molar-refractivity contribution in [3.63, 3.8) is 0 Å². The number of halogens is 3. The van der Waals surface area contributed by atoms with Crippen LogP contribution < -0.4 is 4.90 Å². The van der Waals surface area contributed by atoms with Crippen LogP contribution in [0.3, 0.4) is 0 Å².